The monoisotopic (exact) mass is 233 g/mol. The molecule has 1 N–H and O–H groups in total. The molecule has 1 fully saturated rings. The molecule has 0 radical (unpaired) electrons. The minimum absolute atomic E-state index is 0.198. The minimum atomic E-state index is -0.198. The van der Waals surface area contributed by atoms with E-state index in [2.05, 4.69) is 10.3 Å². The van der Waals surface area contributed by atoms with Gasteiger partial charge in [0.05, 0.1) is 17.4 Å². The van der Waals surface area contributed by atoms with Gasteiger partial charge in [-0.25, -0.2) is 9.37 Å². The highest BCUT2D eigenvalue weighted by molar-refractivity contribution is 5.75. The van der Waals surface area contributed by atoms with Crippen LogP contribution in [0.15, 0.2) is 24.5 Å². The topological polar surface area (TPSA) is 29.9 Å². The molecule has 0 amide bonds. The molecule has 3 nitrogen and oxygen atoms in total. The molecule has 1 saturated heterocycles. The van der Waals surface area contributed by atoms with Crippen molar-refractivity contribution in [2.24, 2.45) is 0 Å². The Bertz CT molecular complexity index is 514. The summed E-state index contributed by atoms with van der Waals surface area (Å²) in [6.45, 7) is 1.96. The van der Waals surface area contributed by atoms with Gasteiger partial charge in [-0.3, -0.25) is 0 Å². The number of imidazole rings is 1. The molecular weight excluding hydrogens is 217 g/mol. The summed E-state index contributed by atoms with van der Waals surface area (Å²) in [5.41, 5.74) is 1.75. The smallest absolute Gasteiger partial charge is 0.125 e. The van der Waals surface area contributed by atoms with E-state index in [-0.39, 0.29) is 5.82 Å². The Morgan fingerprint density at radius 3 is 3.18 bits per heavy atom. The van der Waals surface area contributed by atoms with Crippen LogP contribution in [0.3, 0.4) is 0 Å². The third kappa shape index (κ3) is 2.17. The van der Waals surface area contributed by atoms with E-state index in [1.807, 2.05) is 4.57 Å². The first-order valence-corrected chi connectivity index (χ1v) is 6.17. The van der Waals surface area contributed by atoms with E-state index in [9.17, 15) is 4.39 Å². The van der Waals surface area contributed by atoms with Crippen LogP contribution in [0.5, 0.6) is 0 Å². The molecule has 1 unspecified atom stereocenters. The average Bonchev–Trinajstić information content (AvgIpc) is 2.73. The number of hydrogen-bond acceptors (Lipinski definition) is 2. The maximum absolute atomic E-state index is 13.2. The number of hydrogen-bond donors (Lipinski definition) is 1. The Hall–Kier alpha value is -1.42. The van der Waals surface area contributed by atoms with Crippen molar-refractivity contribution in [1.82, 2.24) is 14.9 Å². The summed E-state index contributed by atoms with van der Waals surface area (Å²) in [4.78, 5) is 4.29. The number of piperidine rings is 1. The maximum atomic E-state index is 13.2. The Balaban J connectivity index is 1.86. The number of benzene rings is 1. The van der Waals surface area contributed by atoms with E-state index in [0.29, 0.717) is 6.04 Å². The standard InChI is InChI=1S/C13H16FN3/c14-10-4-5-12-13(7-10)17(9-16-12)8-11-3-1-2-6-15-11/h4-5,7,9,11,15H,1-3,6,8H2. The van der Waals surface area contributed by atoms with Gasteiger partial charge in [0.1, 0.15) is 5.82 Å². The molecule has 3 rings (SSSR count). The van der Waals surface area contributed by atoms with Crippen LogP contribution in [0, 0.1) is 5.82 Å². The predicted molar refractivity (Wildman–Crippen MR) is 65.3 cm³/mol. The van der Waals surface area contributed by atoms with Crippen LogP contribution in [0.2, 0.25) is 0 Å². The molecular formula is C13H16FN3. The molecule has 17 heavy (non-hydrogen) atoms. The van der Waals surface area contributed by atoms with Gasteiger partial charge in [-0.1, -0.05) is 6.42 Å². The second-order valence-corrected chi connectivity index (χ2v) is 4.68. The van der Waals surface area contributed by atoms with Crippen molar-refractivity contribution in [2.45, 2.75) is 31.8 Å². The van der Waals surface area contributed by atoms with Crippen molar-refractivity contribution in [3.63, 3.8) is 0 Å². The number of fused-ring (bicyclic) bond motifs is 1. The fraction of sp³-hybridized carbons (Fsp3) is 0.462. The fourth-order valence-corrected chi connectivity index (χ4v) is 2.49. The molecule has 1 aliphatic rings. The number of halogens is 1. The van der Waals surface area contributed by atoms with Crippen molar-refractivity contribution < 1.29 is 4.39 Å². The second kappa shape index (κ2) is 4.45. The van der Waals surface area contributed by atoms with Gasteiger partial charge >= 0.3 is 0 Å². The van der Waals surface area contributed by atoms with Gasteiger partial charge in [-0.15, -0.1) is 0 Å². The van der Waals surface area contributed by atoms with Crippen LogP contribution in [-0.4, -0.2) is 22.1 Å². The van der Waals surface area contributed by atoms with Gasteiger partial charge in [0.2, 0.25) is 0 Å². The largest absolute Gasteiger partial charge is 0.329 e. The van der Waals surface area contributed by atoms with Crippen LogP contribution in [-0.2, 0) is 6.54 Å². The summed E-state index contributed by atoms with van der Waals surface area (Å²) in [6.07, 6.45) is 5.53. The number of nitrogens with one attached hydrogen (secondary N) is 1. The minimum Gasteiger partial charge on any atom is -0.329 e. The van der Waals surface area contributed by atoms with Crippen LogP contribution in [0.1, 0.15) is 19.3 Å². The highest BCUT2D eigenvalue weighted by Gasteiger charge is 2.14. The number of rotatable bonds is 2. The molecule has 1 aromatic heterocycles. The van der Waals surface area contributed by atoms with Gasteiger partial charge in [-0.2, -0.15) is 0 Å². The first-order chi connectivity index (χ1) is 8.33. The van der Waals surface area contributed by atoms with Crippen molar-refractivity contribution in [3.8, 4) is 0 Å². The van der Waals surface area contributed by atoms with Crippen molar-refractivity contribution in [2.75, 3.05) is 6.54 Å². The lowest BCUT2D eigenvalue weighted by Gasteiger charge is -2.23. The molecule has 0 aliphatic carbocycles. The first-order valence-electron chi connectivity index (χ1n) is 6.17. The van der Waals surface area contributed by atoms with Crippen LogP contribution in [0.25, 0.3) is 11.0 Å². The maximum Gasteiger partial charge on any atom is 0.125 e. The Morgan fingerprint density at radius 2 is 2.35 bits per heavy atom. The van der Waals surface area contributed by atoms with Gasteiger partial charge in [0.25, 0.3) is 0 Å². The van der Waals surface area contributed by atoms with E-state index in [4.69, 9.17) is 0 Å². The molecule has 2 aromatic rings. The van der Waals surface area contributed by atoms with Gasteiger partial charge in [-0.05, 0) is 37.6 Å². The normalized spacial score (nSPS) is 20.9. The molecule has 0 spiro atoms. The summed E-state index contributed by atoms with van der Waals surface area (Å²) >= 11 is 0. The van der Waals surface area contributed by atoms with Crippen LogP contribution < -0.4 is 5.32 Å². The van der Waals surface area contributed by atoms with E-state index in [1.54, 1.807) is 18.5 Å². The van der Waals surface area contributed by atoms with Gasteiger partial charge in [0, 0.05) is 12.6 Å². The summed E-state index contributed by atoms with van der Waals surface area (Å²) < 4.78 is 15.3. The molecule has 1 atom stereocenters. The van der Waals surface area contributed by atoms with Crippen molar-refractivity contribution >= 4 is 11.0 Å². The fourth-order valence-electron chi connectivity index (χ4n) is 2.49. The summed E-state index contributed by atoms with van der Waals surface area (Å²) in [5, 5.41) is 3.49. The molecule has 0 bridgehead atoms. The average molecular weight is 233 g/mol. The lowest BCUT2D eigenvalue weighted by Crippen LogP contribution is -2.37. The summed E-state index contributed by atoms with van der Waals surface area (Å²) in [5.74, 6) is -0.198. The highest BCUT2D eigenvalue weighted by Crippen LogP contribution is 2.16. The SMILES string of the molecule is Fc1ccc2ncn(CC3CCCCN3)c2c1. The number of nitrogens with zero attached hydrogens (tertiary/aromatic N) is 2. The first kappa shape index (κ1) is 10.7. The quantitative estimate of drug-likeness (QED) is 0.862. The Morgan fingerprint density at radius 1 is 1.41 bits per heavy atom. The van der Waals surface area contributed by atoms with Crippen molar-refractivity contribution in [3.05, 3.63) is 30.3 Å². The third-order valence-corrected chi connectivity index (χ3v) is 3.41. The molecule has 90 valence electrons. The van der Waals surface area contributed by atoms with Crippen molar-refractivity contribution in [1.29, 1.82) is 0 Å². The molecule has 1 aromatic carbocycles. The Labute approximate surface area is 99.7 Å². The zero-order chi connectivity index (χ0) is 11.7. The van der Waals surface area contributed by atoms with E-state index < -0.39 is 0 Å². The zero-order valence-corrected chi connectivity index (χ0v) is 9.69. The molecule has 2 heterocycles. The van der Waals surface area contributed by atoms with Crippen LogP contribution >= 0.6 is 0 Å². The highest BCUT2D eigenvalue weighted by atomic mass is 19.1. The Kier molecular flexibility index (Phi) is 2.81. The third-order valence-electron chi connectivity index (χ3n) is 3.41. The number of aromatic nitrogens is 2. The summed E-state index contributed by atoms with van der Waals surface area (Å²) in [7, 11) is 0. The lowest BCUT2D eigenvalue weighted by atomic mass is 10.1. The molecule has 4 heteroatoms. The predicted octanol–water partition coefficient (Wildman–Crippen LogP) is 2.32. The molecule has 0 saturated carbocycles. The van der Waals surface area contributed by atoms with Gasteiger partial charge < -0.3 is 9.88 Å². The zero-order valence-electron chi connectivity index (χ0n) is 9.69. The lowest BCUT2D eigenvalue weighted by molar-refractivity contribution is 0.366. The van der Waals surface area contributed by atoms with E-state index in [1.165, 1.54) is 25.3 Å². The van der Waals surface area contributed by atoms with E-state index >= 15 is 0 Å². The molecule has 1 aliphatic heterocycles. The van der Waals surface area contributed by atoms with Gasteiger partial charge in [0.15, 0.2) is 0 Å². The second-order valence-electron chi connectivity index (χ2n) is 4.68. The van der Waals surface area contributed by atoms with Crippen LogP contribution in [0.4, 0.5) is 4.39 Å². The van der Waals surface area contributed by atoms with E-state index in [0.717, 1.165) is 24.1 Å². The summed E-state index contributed by atoms with van der Waals surface area (Å²) in [6, 6.07) is 5.24.